The number of hydrogen-bond donors (Lipinski definition) is 1. The Morgan fingerprint density at radius 3 is 2.81 bits per heavy atom. The molecule has 1 aromatic heterocycles. The predicted octanol–water partition coefficient (Wildman–Crippen LogP) is 4.78. The van der Waals surface area contributed by atoms with Gasteiger partial charge in [-0.1, -0.05) is 30.7 Å². The Kier molecular flexibility index (Phi) is 6.55. The van der Waals surface area contributed by atoms with Crippen molar-refractivity contribution in [1.29, 1.82) is 0 Å². The maximum Gasteiger partial charge on any atom is 0.121 e. The molecule has 0 saturated heterocycles. The fraction of sp³-hybridized carbons (Fsp3) is 0.412. The van der Waals surface area contributed by atoms with Crippen molar-refractivity contribution in [3.05, 3.63) is 51.7 Å². The molecule has 2 rings (SSSR count). The molecule has 1 aromatic carbocycles. The van der Waals surface area contributed by atoms with Gasteiger partial charge < -0.3 is 10.1 Å². The molecule has 2 aromatic rings. The maximum atomic E-state index is 6.06. The van der Waals surface area contributed by atoms with Crippen LogP contribution in [0.4, 0.5) is 0 Å². The van der Waals surface area contributed by atoms with Gasteiger partial charge in [-0.2, -0.15) is 0 Å². The topological polar surface area (TPSA) is 21.3 Å². The highest BCUT2D eigenvalue weighted by molar-refractivity contribution is 7.09. The van der Waals surface area contributed by atoms with Crippen molar-refractivity contribution in [2.75, 3.05) is 6.54 Å². The van der Waals surface area contributed by atoms with Crippen LogP contribution in [0.15, 0.2) is 41.8 Å². The van der Waals surface area contributed by atoms with Crippen LogP contribution in [-0.4, -0.2) is 18.7 Å². The van der Waals surface area contributed by atoms with Gasteiger partial charge in [-0.25, -0.2) is 0 Å². The molecule has 2 atom stereocenters. The SMILES string of the molecule is CCCNC(Cc1cccs1)C(C)Oc1cccc(Cl)c1. The summed E-state index contributed by atoms with van der Waals surface area (Å²) in [5, 5.41) is 6.42. The minimum Gasteiger partial charge on any atom is -0.489 e. The second-order valence-electron chi connectivity index (χ2n) is 5.12. The molecule has 1 heterocycles. The van der Waals surface area contributed by atoms with E-state index in [1.54, 1.807) is 11.3 Å². The molecule has 4 heteroatoms. The van der Waals surface area contributed by atoms with E-state index in [0.717, 1.165) is 25.1 Å². The Balaban J connectivity index is 2.00. The van der Waals surface area contributed by atoms with Crippen molar-refractivity contribution in [2.45, 2.75) is 38.8 Å². The average Bonchev–Trinajstić information content (AvgIpc) is 2.96. The number of rotatable bonds is 8. The average molecular weight is 324 g/mol. The minimum atomic E-state index is 0.0807. The lowest BCUT2D eigenvalue weighted by Crippen LogP contribution is -2.43. The summed E-state index contributed by atoms with van der Waals surface area (Å²) in [6.07, 6.45) is 2.18. The van der Waals surface area contributed by atoms with E-state index in [1.165, 1.54) is 4.88 Å². The normalized spacial score (nSPS) is 13.9. The number of halogens is 1. The van der Waals surface area contributed by atoms with Gasteiger partial charge in [0.05, 0.1) is 0 Å². The third-order valence-corrected chi connectivity index (χ3v) is 4.48. The highest BCUT2D eigenvalue weighted by Gasteiger charge is 2.19. The van der Waals surface area contributed by atoms with Crippen LogP contribution < -0.4 is 10.1 Å². The first-order valence-corrected chi connectivity index (χ1v) is 8.62. The number of benzene rings is 1. The number of nitrogens with one attached hydrogen (secondary N) is 1. The van der Waals surface area contributed by atoms with E-state index in [4.69, 9.17) is 16.3 Å². The Bertz CT molecular complexity index is 529. The standard InChI is InChI=1S/C17H22ClNOS/c1-3-9-19-17(12-16-8-5-10-21-16)13(2)20-15-7-4-6-14(18)11-15/h4-8,10-11,13,17,19H,3,9,12H2,1-2H3. The summed E-state index contributed by atoms with van der Waals surface area (Å²) in [6.45, 7) is 5.29. The molecule has 21 heavy (non-hydrogen) atoms. The fourth-order valence-electron chi connectivity index (χ4n) is 2.22. The van der Waals surface area contributed by atoms with Crippen LogP contribution in [0.3, 0.4) is 0 Å². The molecule has 0 aliphatic heterocycles. The van der Waals surface area contributed by atoms with Gasteiger partial charge in [-0.15, -0.1) is 11.3 Å². The first kappa shape index (κ1) is 16.3. The maximum absolute atomic E-state index is 6.06. The van der Waals surface area contributed by atoms with Crippen molar-refractivity contribution < 1.29 is 4.74 Å². The van der Waals surface area contributed by atoms with Gasteiger partial charge in [0.25, 0.3) is 0 Å². The van der Waals surface area contributed by atoms with Gasteiger partial charge in [0.1, 0.15) is 11.9 Å². The van der Waals surface area contributed by atoms with Crippen LogP contribution in [0.1, 0.15) is 25.1 Å². The molecule has 0 amide bonds. The molecule has 2 nitrogen and oxygen atoms in total. The first-order valence-electron chi connectivity index (χ1n) is 7.37. The van der Waals surface area contributed by atoms with Gasteiger partial charge in [-0.3, -0.25) is 0 Å². The van der Waals surface area contributed by atoms with E-state index in [-0.39, 0.29) is 6.10 Å². The smallest absolute Gasteiger partial charge is 0.121 e. The third-order valence-electron chi connectivity index (χ3n) is 3.34. The van der Waals surface area contributed by atoms with Crippen LogP contribution in [-0.2, 0) is 6.42 Å². The molecule has 2 unspecified atom stereocenters. The zero-order chi connectivity index (χ0) is 15.1. The highest BCUT2D eigenvalue weighted by Crippen LogP contribution is 2.20. The summed E-state index contributed by atoms with van der Waals surface area (Å²) in [4.78, 5) is 1.38. The first-order chi connectivity index (χ1) is 10.2. The van der Waals surface area contributed by atoms with Crippen molar-refractivity contribution in [3.63, 3.8) is 0 Å². The lowest BCUT2D eigenvalue weighted by atomic mass is 10.1. The molecule has 0 bridgehead atoms. The second kappa shape index (κ2) is 8.42. The summed E-state index contributed by atoms with van der Waals surface area (Å²) in [6, 6.07) is 12.2. The predicted molar refractivity (Wildman–Crippen MR) is 91.6 cm³/mol. The molecule has 0 saturated carbocycles. The summed E-state index contributed by atoms with van der Waals surface area (Å²) in [7, 11) is 0. The quantitative estimate of drug-likeness (QED) is 0.755. The Labute approximate surface area is 136 Å². The largest absolute Gasteiger partial charge is 0.489 e. The summed E-state index contributed by atoms with van der Waals surface area (Å²) >= 11 is 7.81. The third kappa shape index (κ3) is 5.34. The summed E-state index contributed by atoms with van der Waals surface area (Å²) in [5.41, 5.74) is 0. The molecule has 0 spiro atoms. The van der Waals surface area contributed by atoms with E-state index < -0.39 is 0 Å². The van der Waals surface area contributed by atoms with Crippen LogP contribution >= 0.6 is 22.9 Å². The Morgan fingerprint density at radius 2 is 2.14 bits per heavy atom. The van der Waals surface area contributed by atoms with E-state index >= 15 is 0 Å². The summed E-state index contributed by atoms with van der Waals surface area (Å²) < 4.78 is 6.06. The molecule has 114 valence electrons. The molecule has 0 radical (unpaired) electrons. The van der Waals surface area contributed by atoms with E-state index in [2.05, 4.69) is 36.7 Å². The van der Waals surface area contributed by atoms with Gasteiger partial charge in [-0.05, 0) is 49.5 Å². The lowest BCUT2D eigenvalue weighted by Gasteiger charge is -2.26. The molecule has 0 aliphatic rings. The molecule has 1 N–H and O–H groups in total. The Hall–Kier alpha value is -1.03. The van der Waals surface area contributed by atoms with Crippen molar-refractivity contribution in [2.24, 2.45) is 0 Å². The lowest BCUT2D eigenvalue weighted by molar-refractivity contribution is 0.169. The van der Waals surface area contributed by atoms with Crippen LogP contribution in [0.5, 0.6) is 5.75 Å². The number of thiophene rings is 1. The van der Waals surface area contributed by atoms with E-state index in [1.807, 2.05) is 24.3 Å². The fourth-order valence-corrected chi connectivity index (χ4v) is 3.16. The van der Waals surface area contributed by atoms with Gasteiger partial charge in [0.15, 0.2) is 0 Å². The number of ether oxygens (including phenoxy) is 1. The molecule has 0 aliphatic carbocycles. The Morgan fingerprint density at radius 1 is 1.29 bits per heavy atom. The molecular weight excluding hydrogens is 302 g/mol. The van der Waals surface area contributed by atoms with Gasteiger partial charge >= 0.3 is 0 Å². The van der Waals surface area contributed by atoms with Crippen LogP contribution in [0.2, 0.25) is 5.02 Å². The summed E-state index contributed by atoms with van der Waals surface area (Å²) in [5.74, 6) is 0.824. The van der Waals surface area contributed by atoms with E-state index in [9.17, 15) is 0 Å². The highest BCUT2D eigenvalue weighted by atomic mass is 35.5. The molecule has 0 fully saturated rings. The molecular formula is C17H22ClNOS. The zero-order valence-corrected chi connectivity index (χ0v) is 14.1. The zero-order valence-electron chi connectivity index (χ0n) is 12.5. The van der Waals surface area contributed by atoms with Crippen LogP contribution in [0, 0.1) is 0 Å². The van der Waals surface area contributed by atoms with Gasteiger partial charge in [0, 0.05) is 22.4 Å². The monoisotopic (exact) mass is 323 g/mol. The van der Waals surface area contributed by atoms with Crippen molar-refractivity contribution in [3.8, 4) is 5.75 Å². The minimum absolute atomic E-state index is 0.0807. The van der Waals surface area contributed by atoms with Gasteiger partial charge in [0.2, 0.25) is 0 Å². The van der Waals surface area contributed by atoms with Crippen molar-refractivity contribution in [1.82, 2.24) is 5.32 Å². The van der Waals surface area contributed by atoms with E-state index in [0.29, 0.717) is 11.1 Å². The second-order valence-corrected chi connectivity index (χ2v) is 6.59. The van der Waals surface area contributed by atoms with Crippen molar-refractivity contribution >= 4 is 22.9 Å². The number of hydrogen-bond acceptors (Lipinski definition) is 3. The van der Waals surface area contributed by atoms with Crippen LogP contribution in [0.25, 0.3) is 0 Å².